The van der Waals surface area contributed by atoms with Crippen LogP contribution in [0.3, 0.4) is 0 Å². The van der Waals surface area contributed by atoms with E-state index in [4.69, 9.17) is 5.73 Å². The lowest BCUT2D eigenvalue weighted by atomic mass is 10.2. The standard InChI is InChI=1S/C10H12N6O4S/c1-20-10(17)7-3-2-6(11)4-8(7)21(18,19)12-5-9-13-15-16-14-9/h2-4,12H,5,11H2,1H3,(H,13,14,15,16). The minimum Gasteiger partial charge on any atom is -0.465 e. The highest BCUT2D eigenvalue weighted by atomic mass is 32.2. The molecule has 4 N–H and O–H groups in total. The molecule has 0 aliphatic rings. The Labute approximate surface area is 119 Å². The van der Waals surface area contributed by atoms with Crippen LogP contribution in [0.25, 0.3) is 0 Å². The average Bonchev–Trinajstić information content (AvgIpc) is 2.98. The Morgan fingerprint density at radius 2 is 2.24 bits per heavy atom. The number of nitrogens with one attached hydrogen (secondary N) is 2. The summed E-state index contributed by atoms with van der Waals surface area (Å²) in [6.45, 7) is -0.186. The van der Waals surface area contributed by atoms with E-state index in [2.05, 4.69) is 30.1 Å². The van der Waals surface area contributed by atoms with Crippen molar-refractivity contribution in [2.45, 2.75) is 11.4 Å². The van der Waals surface area contributed by atoms with E-state index >= 15 is 0 Å². The number of aromatic amines is 1. The predicted octanol–water partition coefficient (Wildman–Crippen LogP) is -0.953. The first kappa shape index (κ1) is 14.9. The highest BCUT2D eigenvalue weighted by molar-refractivity contribution is 7.89. The van der Waals surface area contributed by atoms with Gasteiger partial charge in [0.1, 0.15) is 0 Å². The van der Waals surface area contributed by atoms with Crippen molar-refractivity contribution in [3.63, 3.8) is 0 Å². The number of nitrogens with two attached hydrogens (primary N) is 1. The Balaban J connectivity index is 2.34. The molecule has 0 spiro atoms. The first-order valence-corrected chi connectivity index (χ1v) is 7.12. The number of rotatable bonds is 5. The smallest absolute Gasteiger partial charge is 0.339 e. The lowest BCUT2D eigenvalue weighted by Crippen LogP contribution is -2.26. The first-order valence-electron chi connectivity index (χ1n) is 5.64. The highest BCUT2D eigenvalue weighted by Gasteiger charge is 2.23. The molecule has 0 amide bonds. The van der Waals surface area contributed by atoms with Gasteiger partial charge in [-0.25, -0.2) is 17.9 Å². The number of tetrazole rings is 1. The zero-order valence-corrected chi connectivity index (χ0v) is 11.7. The van der Waals surface area contributed by atoms with Gasteiger partial charge < -0.3 is 10.5 Å². The second kappa shape index (κ2) is 5.85. The van der Waals surface area contributed by atoms with Crippen molar-refractivity contribution in [2.24, 2.45) is 0 Å². The molecule has 112 valence electrons. The number of carbonyl (C=O) groups excluding carboxylic acids is 1. The van der Waals surface area contributed by atoms with Gasteiger partial charge >= 0.3 is 5.97 Å². The molecule has 0 aliphatic carbocycles. The second-order valence-electron chi connectivity index (χ2n) is 3.90. The van der Waals surface area contributed by atoms with Crippen molar-refractivity contribution < 1.29 is 17.9 Å². The number of benzene rings is 1. The minimum atomic E-state index is -4.00. The molecule has 0 bridgehead atoms. The lowest BCUT2D eigenvalue weighted by molar-refractivity contribution is 0.0596. The summed E-state index contributed by atoms with van der Waals surface area (Å²) < 4.78 is 31.3. The summed E-state index contributed by atoms with van der Waals surface area (Å²) in [6.07, 6.45) is 0. The summed E-state index contributed by atoms with van der Waals surface area (Å²) in [7, 11) is -2.84. The van der Waals surface area contributed by atoms with Gasteiger partial charge in [-0.3, -0.25) is 0 Å². The maximum atomic E-state index is 12.3. The number of hydrogen-bond donors (Lipinski definition) is 3. The fourth-order valence-electron chi connectivity index (χ4n) is 1.53. The molecule has 1 aromatic carbocycles. The summed E-state index contributed by atoms with van der Waals surface area (Å²) in [5.41, 5.74) is 5.65. The molecule has 0 aliphatic heterocycles. The van der Waals surface area contributed by atoms with Crippen molar-refractivity contribution in [1.82, 2.24) is 25.3 Å². The van der Waals surface area contributed by atoms with Crippen LogP contribution in [-0.4, -0.2) is 42.1 Å². The molecule has 11 heteroatoms. The van der Waals surface area contributed by atoms with Crippen molar-refractivity contribution >= 4 is 21.7 Å². The third kappa shape index (κ3) is 3.32. The fraction of sp³-hybridized carbons (Fsp3) is 0.200. The molecule has 2 aromatic rings. The number of aromatic nitrogens is 4. The summed E-state index contributed by atoms with van der Waals surface area (Å²) in [5, 5.41) is 12.7. The van der Waals surface area contributed by atoms with Crippen LogP contribution in [0.5, 0.6) is 0 Å². The predicted molar refractivity (Wildman–Crippen MR) is 70.4 cm³/mol. The van der Waals surface area contributed by atoms with E-state index in [0.717, 1.165) is 7.11 Å². The lowest BCUT2D eigenvalue weighted by Gasteiger charge is -2.10. The SMILES string of the molecule is COC(=O)c1ccc(N)cc1S(=O)(=O)NCc1nn[nH]n1. The second-order valence-corrected chi connectivity index (χ2v) is 5.64. The molecule has 0 unspecified atom stereocenters. The number of hydrogen-bond acceptors (Lipinski definition) is 8. The zero-order chi connectivity index (χ0) is 15.5. The van der Waals surface area contributed by atoms with Gasteiger partial charge in [0.15, 0.2) is 5.82 Å². The summed E-state index contributed by atoms with van der Waals surface area (Å²) in [5.74, 6) is -0.628. The Morgan fingerprint density at radius 1 is 1.48 bits per heavy atom. The van der Waals surface area contributed by atoms with E-state index < -0.39 is 16.0 Å². The number of nitrogen functional groups attached to an aromatic ring is 1. The monoisotopic (exact) mass is 312 g/mol. The Hall–Kier alpha value is -2.53. The van der Waals surface area contributed by atoms with Gasteiger partial charge in [-0.2, -0.15) is 5.21 Å². The van der Waals surface area contributed by atoms with E-state index in [9.17, 15) is 13.2 Å². The van der Waals surface area contributed by atoms with Crippen LogP contribution in [0, 0.1) is 0 Å². The molecule has 0 fully saturated rings. The zero-order valence-electron chi connectivity index (χ0n) is 10.9. The molecular formula is C10H12N6O4S. The molecule has 1 heterocycles. The number of esters is 1. The van der Waals surface area contributed by atoms with Gasteiger partial charge in [0, 0.05) is 5.69 Å². The maximum Gasteiger partial charge on any atom is 0.339 e. The van der Waals surface area contributed by atoms with E-state index in [1.807, 2.05) is 0 Å². The number of anilines is 1. The van der Waals surface area contributed by atoms with Crippen LogP contribution < -0.4 is 10.5 Å². The van der Waals surface area contributed by atoms with E-state index in [1.54, 1.807) is 0 Å². The van der Waals surface area contributed by atoms with Crippen LogP contribution in [-0.2, 0) is 21.3 Å². The molecular weight excluding hydrogens is 300 g/mol. The Kier molecular flexibility index (Phi) is 4.14. The van der Waals surface area contributed by atoms with Crippen LogP contribution in [0.15, 0.2) is 23.1 Å². The minimum absolute atomic E-state index is 0.118. The largest absolute Gasteiger partial charge is 0.465 e. The van der Waals surface area contributed by atoms with E-state index in [1.165, 1.54) is 18.2 Å². The quantitative estimate of drug-likeness (QED) is 0.471. The van der Waals surface area contributed by atoms with Gasteiger partial charge in [0.25, 0.3) is 0 Å². The summed E-state index contributed by atoms with van der Waals surface area (Å²) in [6, 6.07) is 3.86. The summed E-state index contributed by atoms with van der Waals surface area (Å²) in [4.78, 5) is 11.4. The number of methoxy groups -OCH3 is 1. The average molecular weight is 312 g/mol. The molecule has 21 heavy (non-hydrogen) atoms. The number of H-pyrrole nitrogens is 1. The first-order chi connectivity index (χ1) is 9.94. The van der Waals surface area contributed by atoms with Crippen LogP contribution >= 0.6 is 0 Å². The summed E-state index contributed by atoms with van der Waals surface area (Å²) >= 11 is 0. The third-order valence-corrected chi connectivity index (χ3v) is 3.95. The number of carbonyl (C=O) groups is 1. The van der Waals surface area contributed by atoms with Gasteiger partial charge in [0.2, 0.25) is 10.0 Å². The number of nitrogens with zero attached hydrogens (tertiary/aromatic N) is 3. The molecule has 0 saturated carbocycles. The number of sulfonamides is 1. The molecule has 0 radical (unpaired) electrons. The molecule has 0 saturated heterocycles. The normalized spacial score (nSPS) is 11.3. The van der Waals surface area contributed by atoms with Crippen LogP contribution in [0.4, 0.5) is 5.69 Å². The van der Waals surface area contributed by atoms with E-state index in [-0.39, 0.29) is 28.5 Å². The van der Waals surface area contributed by atoms with Crippen molar-refractivity contribution in [2.75, 3.05) is 12.8 Å². The molecule has 0 atom stereocenters. The van der Waals surface area contributed by atoms with Gasteiger partial charge in [-0.15, -0.1) is 10.2 Å². The Morgan fingerprint density at radius 3 is 2.86 bits per heavy atom. The van der Waals surface area contributed by atoms with Gasteiger partial charge in [0.05, 0.1) is 24.1 Å². The van der Waals surface area contributed by atoms with Gasteiger partial charge in [-0.05, 0) is 18.2 Å². The topological polar surface area (TPSA) is 153 Å². The van der Waals surface area contributed by atoms with Crippen molar-refractivity contribution in [3.05, 3.63) is 29.6 Å². The van der Waals surface area contributed by atoms with Crippen LogP contribution in [0.1, 0.15) is 16.2 Å². The Bertz CT molecular complexity index is 743. The van der Waals surface area contributed by atoms with Crippen LogP contribution in [0.2, 0.25) is 0 Å². The molecule has 1 aromatic heterocycles. The number of ether oxygens (including phenoxy) is 1. The molecule has 2 rings (SSSR count). The van der Waals surface area contributed by atoms with Crippen molar-refractivity contribution in [1.29, 1.82) is 0 Å². The molecule has 10 nitrogen and oxygen atoms in total. The maximum absolute atomic E-state index is 12.3. The highest BCUT2D eigenvalue weighted by Crippen LogP contribution is 2.20. The fourth-order valence-corrected chi connectivity index (χ4v) is 2.74. The van der Waals surface area contributed by atoms with Gasteiger partial charge in [-0.1, -0.05) is 5.21 Å². The van der Waals surface area contributed by atoms with E-state index in [0.29, 0.717) is 0 Å². The third-order valence-electron chi connectivity index (χ3n) is 2.51. The van der Waals surface area contributed by atoms with Crippen molar-refractivity contribution in [3.8, 4) is 0 Å².